The molecule has 0 radical (unpaired) electrons. The van der Waals surface area contributed by atoms with E-state index in [9.17, 15) is 0 Å². The van der Waals surface area contributed by atoms with Crippen molar-refractivity contribution in [3.8, 4) is 0 Å². The van der Waals surface area contributed by atoms with Crippen LogP contribution in [0.5, 0.6) is 0 Å². The van der Waals surface area contributed by atoms with Gasteiger partial charge in [-0.05, 0) is 39.5 Å². The van der Waals surface area contributed by atoms with Crippen LogP contribution in [0, 0.1) is 0 Å². The molecule has 4 nitrogen and oxygen atoms in total. The third-order valence-corrected chi connectivity index (χ3v) is 3.64. The van der Waals surface area contributed by atoms with Crippen LogP contribution in [-0.4, -0.2) is 75.9 Å². The summed E-state index contributed by atoms with van der Waals surface area (Å²) in [7, 11) is 3.91. The molecule has 0 atom stereocenters. The van der Waals surface area contributed by atoms with E-state index in [0.29, 0.717) is 0 Å². The van der Waals surface area contributed by atoms with E-state index in [0.717, 1.165) is 32.3 Å². The maximum atomic E-state index is 5.07. The van der Waals surface area contributed by atoms with Crippen LogP contribution >= 0.6 is 0 Å². The lowest BCUT2D eigenvalue weighted by Gasteiger charge is -2.32. The quantitative estimate of drug-likeness (QED) is 0.677. The first-order valence-electron chi connectivity index (χ1n) is 6.89. The van der Waals surface area contributed by atoms with E-state index in [-0.39, 0.29) is 0 Å². The van der Waals surface area contributed by atoms with Crippen LogP contribution in [0.25, 0.3) is 0 Å². The highest BCUT2D eigenvalue weighted by Crippen LogP contribution is 2.09. The van der Waals surface area contributed by atoms with Crippen molar-refractivity contribution >= 4 is 0 Å². The van der Waals surface area contributed by atoms with Crippen molar-refractivity contribution in [2.24, 2.45) is 0 Å². The normalized spacial score (nSPS) is 19.1. The average Bonchev–Trinajstić information content (AvgIpc) is 2.37. The molecule has 17 heavy (non-hydrogen) atoms. The monoisotopic (exact) mass is 243 g/mol. The molecule has 1 fully saturated rings. The first-order chi connectivity index (χ1) is 8.26. The van der Waals surface area contributed by atoms with Crippen LogP contribution in [-0.2, 0) is 4.74 Å². The van der Waals surface area contributed by atoms with Crippen LogP contribution in [0.15, 0.2) is 0 Å². The highest BCUT2D eigenvalue weighted by atomic mass is 16.5. The maximum absolute atomic E-state index is 5.07. The number of methoxy groups -OCH3 is 1. The Morgan fingerprint density at radius 3 is 2.59 bits per heavy atom. The lowest BCUT2D eigenvalue weighted by molar-refractivity contribution is 0.158. The largest absolute Gasteiger partial charge is 0.383 e. The van der Waals surface area contributed by atoms with Gasteiger partial charge >= 0.3 is 0 Å². The lowest BCUT2D eigenvalue weighted by Crippen LogP contribution is -2.44. The smallest absolute Gasteiger partial charge is 0.0589 e. The molecule has 1 rings (SSSR count). The van der Waals surface area contributed by atoms with E-state index in [4.69, 9.17) is 4.74 Å². The van der Waals surface area contributed by atoms with Crippen molar-refractivity contribution < 1.29 is 4.74 Å². The lowest BCUT2D eigenvalue weighted by atomic mass is 10.1. The van der Waals surface area contributed by atoms with Gasteiger partial charge in [-0.1, -0.05) is 6.92 Å². The number of ether oxygens (including phenoxy) is 1. The zero-order chi connectivity index (χ0) is 12.5. The number of piperidine rings is 1. The fraction of sp³-hybridized carbons (Fsp3) is 1.00. The third kappa shape index (κ3) is 6.36. The summed E-state index contributed by atoms with van der Waals surface area (Å²) in [5, 5.41) is 3.66. The van der Waals surface area contributed by atoms with E-state index in [1.807, 2.05) is 0 Å². The second-order valence-electron chi connectivity index (χ2n) is 4.96. The number of likely N-dealkylation sites (N-methyl/N-ethyl adjacent to an activating group) is 1. The number of rotatable bonds is 8. The molecular weight excluding hydrogens is 214 g/mol. The summed E-state index contributed by atoms with van der Waals surface area (Å²) >= 11 is 0. The van der Waals surface area contributed by atoms with Gasteiger partial charge in [0.2, 0.25) is 0 Å². The van der Waals surface area contributed by atoms with Gasteiger partial charge in [0, 0.05) is 32.8 Å². The van der Waals surface area contributed by atoms with Gasteiger partial charge in [0.1, 0.15) is 0 Å². The van der Waals surface area contributed by atoms with Crippen molar-refractivity contribution in [3.63, 3.8) is 0 Å². The summed E-state index contributed by atoms with van der Waals surface area (Å²) in [5.74, 6) is 0. The molecule has 4 heteroatoms. The fourth-order valence-electron chi connectivity index (χ4n) is 2.27. The molecular formula is C13H29N3O. The van der Waals surface area contributed by atoms with E-state index < -0.39 is 0 Å². The first kappa shape index (κ1) is 14.9. The summed E-state index contributed by atoms with van der Waals surface area (Å²) < 4.78 is 5.07. The van der Waals surface area contributed by atoms with Gasteiger partial charge in [0.05, 0.1) is 6.61 Å². The zero-order valence-corrected chi connectivity index (χ0v) is 11.7. The number of nitrogens with zero attached hydrogens (tertiary/aromatic N) is 2. The minimum absolute atomic E-state index is 0.730. The van der Waals surface area contributed by atoms with Gasteiger partial charge in [-0.15, -0.1) is 0 Å². The van der Waals surface area contributed by atoms with Gasteiger partial charge in [0.25, 0.3) is 0 Å². The Morgan fingerprint density at radius 2 is 2.00 bits per heavy atom. The van der Waals surface area contributed by atoms with Crippen molar-refractivity contribution in [3.05, 3.63) is 0 Å². The SMILES string of the molecule is CCN1CCC(NCCN(C)CCOC)CC1. The Balaban J connectivity index is 1.99. The van der Waals surface area contributed by atoms with E-state index in [2.05, 4.69) is 29.1 Å². The summed E-state index contributed by atoms with van der Waals surface area (Å²) in [6.07, 6.45) is 2.60. The minimum atomic E-state index is 0.730. The van der Waals surface area contributed by atoms with Gasteiger partial charge in [-0.2, -0.15) is 0 Å². The Labute approximate surface area is 106 Å². The van der Waals surface area contributed by atoms with Gasteiger partial charge in [-0.3, -0.25) is 0 Å². The second-order valence-corrected chi connectivity index (χ2v) is 4.96. The molecule has 0 spiro atoms. The summed E-state index contributed by atoms with van der Waals surface area (Å²) in [5.41, 5.74) is 0. The summed E-state index contributed by atoms with van der Waals surface area (Å²) in [4.78, 5) is 4.85. The predicted octanol–water partition coefficient (Wildman–Crippen LogP) is 0.639. The standard InChI is InChI=1S/C13H29N3O/c1-4-16-8-5-13(6-9-16)14-7-10-15(2)11-12-17-3/h13-14H,4-12H2,1-3H3. The average molecular weight is 243 g/mol. The third-order valence-electron chi connectivity index (χ3n) is 3.64. The molecule has 0 unspecified atom stereocenters. The van der Waals surface area contributed by atoms with Gasteiger partial charge < -0.3 is 19.9 Å². The van der Waals surface area contributed by atoms with Crippen molar-refractivity contribution in [1.29, 1.82) is 0 Å². The second kappa shape index (κ2) is 8.86. The topological polar surface area (TPSA) is 27.7 Å². The molecule has 0 amide bonds. The van der Waals surface area contributed by atoms with Gasteiger partial charge in [-0.25, -0.2) is 0 Å². The zero-order valence-electron chi connectivity index (χ0n) is 11.7. The molecule has 1 N–H and O–H groups in total. The Bertz CT molecular complexity index is 182. The van der Waals surface area contributed by atoms with Crippen LogP contribution in [0.2, 0.25) is 0 Å². The van der Waals surface area contributed by atoms with Crippen molar-refractivity contribution in [2.45, 2.75) is 25.8 Å². The Kier molecular flexibility index (Phi) is 7.77. The van der Waals surface area contributed by atoms with Crippen molar-refractivity contribution in [2.75, 3.05) is 60.0 Å². The number of hydrogen-bond acceptors (Lipinski definition) is 4. The van der Waals surface area contributed by atoms with E-state index >= 15 is 0 Å². The number of likely N-dealkylation sites (tertiary alicyclic amines) is 1. The molecule has 0 saturated carbocycles. The number of hydrogen-bond donors (Lipinski definition) is 1. The molecule has 1 aliphatic rings. The molecule has 0 aromatic heterocycles. The number of nitrogens with one attached hydrogen (secondary N) is 1. The minimum Gasteiger partial charge on any atom is -0.383 e. The summed E-state index contributed by atoms with van der Waals surface area (Å²) in [6, 6.07) is 0.730. The van der Waals surface area contributed by atoms with E-state index in [1.54, 1.807) is 7.11 Å². The summed E-state index contributed by atoms with van der Waals surface area (Å²) in [6.45, 7) is 10.0. The molecule has 0 aromatic carbocycles. The molecule has 1 saturated heterocycles. The molecule has 0 aliphatic carbocycles. The Morgan fingerprint density at radius 1 is 1.29 bits per heavy atom. The predicted molar refractivity (Wildman–Crippen MR) is 72.5 cm³/mol. The van der Waals surface area contributed by atoms with Crippen LogP contribution in [0.1, 0.15) is 19.8 Å². The van der Waals surface area contributed by atoms with Gasteiger partial charge in [0.15, 0.2) is 0 Å². The highest BCUT2D eigenvalue weighted by Gasteiger charge is 2.16. The molecule has 1 aliphatic heterocycles. The van der Waals surface area contributed by atoms with Crippen molar-refractivity contribution in [1.82, 2.24) is 15.1 Å². The Hall–Kier alpha value is -0.160. The van der Waals surface area contributed by atoms with Crippen LogP contribution in [0.3, 0.4) is 0 Å². The maximum Gasteiger partial charge on any atom is 0.0589 e. The molecule has 1 heterocycles. The van der Waals surface area contributed by atoms with E-state index in [1.165, 1.54) is 32.5 Å². The highest BCUT2D eigenvalue weighted by molar-refractivity contribution is 4.76. The van der Waals surface area contributed by atoms with Crippen LogP contribution < -0.4 is 5.32 Å². The fourth-order valence-corrected chi connectivity index (χ4v) is 2.27. The molecule has 0 bridgehead atoms. The molecule has 0 aromatic rings. The first-order valence-corrected chi connectivity index (χ1v) is 6.89. The molecule has 102 valence electrons. The van der Waals surface area contributed by atoms with Crippen LogP contribution in [0.4, 0.5) is 0 Å².